The highest BCUT2D eigenvalue weighted by atomic mass is 16.5. The average Bonchev–Trinajstić information content (AvgIpc) is 2.75. The van der Waals surface area contributed by atoms with Crippen molar-refractivity contribution in [3.05, 3.63) is 0 Å². The number of nitrogens with zero attached hydrogens (tertiary/aromatic N) is 1. The van der Waals surface area contributed by atoms with Gasteiger partial charge < -0.3 is 9.64 Å². The van der Waals surface area contributed by atoms with Crippen LogP contribution in [0.5, 0.6) is 0 Å². The summed E-state index contributed by atoms with van der Waals surface area (Å²) >= 11 is 0. The van der Waals surface area contributed by atoms with Crippen LogP contribution in [0.3, 0.4) is 0 Å². The van der Waals surface area contributed by atoms with Gasteiger partial charge in [0, 0.05) is 26.2 Å². The number of nitrogens with one attached hydrogen (secondary N) is 3. The largest absolute Gasteiger partial charge is 0.381 e. The lowest BCUT2D eigenvalue weighted by Gasteiger charge is -2.41. The molecular weight excluding hydrogens is 348 g/mol. The summed E-state index contributed by atoms with van der Waals surface area (Å²) in [6.07, 6.45) is 12.9. The summed E-state index contributed by atoms with van der Waals surface area (Å²) in [5, 5.41) is 11.4. The highest BCUT2D eigenvalue weighted by Gasteiger charge is 2.31. The van der Waals surface area contributed by atoms with E-state index >= 15 is 0 Å². The van der Waals surface area contributed by atoms with E-state index in [1.54, 1.807) is 0 Å². The van der Waals surface area contributed by atoms with Crippen molar-refractivity contribution < 1.29 is 4.74 Å². The van der Waals surface area contributed by atoms with Crippen molar-refractivity contribution in [2.45, 2.75) is 90.1 Å². The maximum atomic E-state index is 5.54. The molecule has 164 valence electrons. The molecular formula is C23H46N4O. The molecule has 3 fully saturated rings. The summed E-state index contributed by atoms with van der Waals surface area (Å²) in [5.41, 5.74) is 0. The Labute approximate surface area is 173 Å². The van der Waals surface area contributed by atoms with Crippen molar-refractivity contribution in [3.8, 4) is 0 Å². The molecule has 3 aliphatic rings. The molecule has 2 atom stereocenters. The molecule has 5 nitrogen and oxygen atoms in total. The van der Waals surface area contributed by atoms with Crippen LogP contribution in [0.15, 0.2) is 0 Å². The molecule has 1 saturated heterocycles. The first-order valence-electron chi connectivity index (χ1n) is 12.2. The zero-order valence-electron chi connectivity index (χ0n) is 18.7. The molecule has 2 unspecified atom stereocenters. The number of hydrogen-bond donors (Lipinski definition) is 3. The van der Waals surface area contributed by atoms with Crippen molar-refractivity contribution in [3.63, 3.8) is 0 Å². The molecule has 0 aromatic carbocycles. The standard InChI is InChI=1S/C23H46N4O/c1-4-27(5-2)14-13-18-7-6-8-21(15-18)26-23-24-16-20(17-25-23)19-9-11-22(28-3)12-10-19/h18-26H,4-17H2,1-3H3. The molecule has 0 radical (unpaired) electrons. The van der Waals surface area contributed by atoms with Gasteiger partial charge in [-0.05, 0) is 82.3 Å². The fraction of sp³-hybridized carbons (Fsp3) is 1.00. The van der Waals surface area contributed by atoms with Crippen LogP contribution in [0.2, 0.25) is 0 Å². The summed E-state index contributed by atoms with van der Waals surface area (Å²) in [6, 6.07) is 0.675. The Bertz CT molecular complexity index is 415. The first-order chi connectivity index (χ1) is 13.7. The van der Waals surface area contributed by atoms with Crippen LogP contribution in [-0.4, -0.2) is 63.2 Å². The Kier molecular flexibility index (Phi) is 9.52. The number of rotatable bonds is 9. The molecule has 28 heavy (non-hydrogen) atoms. The Morgan fingerprint density at radius 1 is 0.929 bits per heavy atom. The van der Waals surface area contributed by atoms with Gasteiger partial charge in [0.25, 0.3) is 0 Å². The summed E-state index contributed by atoms with van der Waals surface area (Å²) in [7, 11) is 1.87. The Morgan fingerprint density at radius 3 is 2.29 bits per heavy atom. The van der Waals surface area contributed by atoms with Crippen LogP contribution in [0, 0.1) is 17.8 Å². The van der Waals surface area contributed by atoms with Gasteiger partial charge in [-0.25, -0.2) is 0 Å². The average molecular weight is 395 g/mol. The molecule has 0 bridgehead atoms. The summed E-state index contributed by atoms with van der Waals surface area (Å²) < 4.78 is 5.54. The van der Waals surface area contributed by atoms with Crippen LogP contribution in [0.1, 0.15) is 71.6 Å². The fourth-order valence-corrected chi connectivity index (χ4v) is 5.77. The van der Waals surface area contributed by atoms with Gasteiger partial charge in [-0.2, -0.15) is 0 Å². The van der Waals surface area contributed by atoms with Gasteiger partial charge in [-0.1, -0.05) is 26.7 Å². The number of methoxy groups -OCH3 is 1. The molecule has 0 amide bonds. The summed E-state index contributed by atoms with van der Waals surface area (Å²) in [4.78, 5) is 2.57. The van der Waals surface area contributed by atoms with Crippen molar-refractivity contribution in [2.24, 2.45) is 17.8 Å². The second-order valence-corrected chi connectivity index (χ2v) is 9.49. The van der Waals surface area contributed by atoms with Crippen molar-refractivity contribution in [1.29, 1.82) is 0 Å². The minimum atomic E-state index is 0.304. The lowest BCUT2D eigenvalue weighted by atomic mass is 9.78. The van der Waals surface area contributed by atoms with E-state index in [2.05, 4.69) is 34.7 Å². The fourth-order valence-electron chi connectivity index (χ4n) is 5.77. The lowest BCUT2D eigenvalue weighted by Crippen LogP contribution is -2.63. The second kappa shape index (κ2) is 11.8. The van der Waals surface area contributed by atoms with Crippen LogP contribution in [0.25, 0.3) is 0 Å². The van der Waals surface area contributed by atoms with Crippen molar-refractivity contribution in [1.82, 2.24) is 20.9 Å². The van der Waals surface area contributed by atoms with Gasteiger partial charge in [0.2, 0.25) is 0 Å². The van der Waals surface area contributed by atoms with Crippen LogP contribution >= 0.6 is 0 Å². The third kappa shape index (κ3) is 6.66. The van der Waals surface area contributed by atoms with Gasteiger partial charge >= 0.3 is 0 Å². The SMILES string of the molecule is CCN(CC)CCC1CCCC(NC2NCC(C3CCC(OC)CC3)CN2)C1. The molecule has 3 N–H and O–H groups in total. The first kappa shape index (κ1) is 22.5. The van der Waals surface area contributed by atoms with Crippen molar-refractivity contribution >= 4 is 0 Å². The normalized spacial score (nSPS) is 37.3. The van der Waals surface area contributed by atoms with Crippen LogP contribution < -0.4 is 16.0 Å². The Morgan fingerprint density at radius 2 is 1.64 bits per heavy atom. The van der Waals surface area contributed by atoms with Gasteiger partial charge in [-0.3, -0.25) is 16.0 Å². The van der Waals surface area contributed by atoms with E-state index < -0.39 is 0 Å². The van der Waals surface area contributed by atoms with E-state index in [0.717, 1.165) is 30.8 Å². The number of hydrogen-bond acceptors (Lipinski definition) is 5. The molecule has 1 heterocycles. The quantitative estimate of drug-likeness (QED) is 0.561. The zero-order valence-corrected chi connectivity index (χ0v) is 18.7. The molecule has 0 aromatic rings. The topological polar surface area (TPSA) is 48.6 Å². The second-order valence-electron chi connectivity index (χ2n) is 9.49. The molecule has 5 heteroatoms. The Balaban J connectivity index is 1.34. The van der Waals surface area contributed by atoms with Gasteiger partial charge in [0.1, 0.15) is 6.29 Å². The highest BCUT2D eigenvalue weighted by molar-refractivity contribution is 4.87. The summed E-state index contributed by atoms with van der Waals surface area (Å²) in [5.74, 6) is 2.55. The van der Waals surface area contributed by atoms with E-state index in [9.17, 15) is 0 Å². The van der Waals surface area contributed by atoms with Crippen LogP contribution in [-0.2, 0) is 4.74 Å². The van der Waals surface area contributed by atoms with Gasteiger partial charge in [0.15, 0.2) is 0 Å². The maximum Gasteiger partial charge on any atom is 0.112 e. The van der Waals surface area contributed by atoms with Crippen LogP contribution in [0.4, 0.5) is 0 Å². The lowest BCUT2D eigenvalue weighted by molar-refractivity contribution is 0.0413. The van der Waals surface area contributed by atoms with E-state index in [-0.39, 0.29) is 0 Å². The highest BCUT2D eigenvalue weighted by Crippen LogP contribution is 2.32. The maximum absolute atomic E-state index is 5.54. The predicted molar refractivity (Wildman–Crippen MR) is 117 cm³/mol. The summed E-state index contributed by atoms with van der Waals surface area (Å²) in [6.45, 7) is 10.5. The molecule has 0 spiro atoms. The zero-order chi connectivity index (χ0) is 19.8. The molecule has 0 aromatic heterocycles. The van der Waals surface area contributed by atoms with E-state index in [1.165, 1.54) is 77.4 Å². The number of ether oxygens (including phenoxy) is 1. The van der Waals surface area contributed by atoms with E-state index in [4.69, 9.17) is 4.74 Å². The predicted octanol–water partition coefficient (Wildman–Crippen LogP) is 3.16. The monoisotopic (exact) mass is 394 g/mol. The van der Waals surface area contributed by atoms with Gasteiger partial charge in [-0.15, -0.1) is 0 Å². The molecule has 3 rings (SSSR count). The smallest absolute Gasteiger partial charge is 0.112 e. The molecule has 2 saturated carbocycles. The Hall–Kier alpha value is -0.200. The molecule has 1 aliphatic heterocycles. The minimum Gasteiger partial charge on any atom is -0.381 e. The van der Waals surface area contributed by atoms with E-state index in [0.29, 0.717) is 18.4 Å². The van der Waals surface area contributed by atoms with E-state index in [1.807, 2.05) is 7.11 Å². The first-order valence-corrected chi connectivity index (χ1v) is 12.2. The third-order valence-corrected chi connectivity index (χ3v) is 7.82. The minimum absolute atomic E-state index is 0.304. The molecule has 2 aliphatic carbocycles. The van der Waals surface area contributed by atoms with Gasteiger partial charge in [0.05, 0.1) is 6.10 Å². The third-order valence-electron chi connectivity index (χ3n) is 7.82. The van der Waals surface area contributed by atoms with Crippen molar-refractivity contribution in [2.75, 3.05) is 39.8 Å².